The van der Waals surface area contributed by atoms with Crippen LogP contribution in [-0.2, 0) is 11.2 Å². The molecule has 0 spiro atoms. The van der Waals surface area contributed by atoms with E-state index in [1.54, 1.807) is 0 Å². The van der Waals surface area contributed by atoms with E-state index >= 15 is 0 Å². The topological polar surface area (TPSA) is 20.3 Å². The highest BCUT2D eigenvalue weighted by Gasteiger charge is 2.26. The molecule has 0 bridgehead atoms. The molecule has 0 aliphatic carbocycles. The lowest BCUT2D eigenvalue weighted by molar-refractivity contribution is -0.133. The quantitative estimate of drug-likeness (QED) is 0.696. The fraction of sp³-hybridized carbons (Fsp3) is 0.545. The Bertz CT molecular complexity index is 345. The minimum atomic E-state index is 0.273. The molecule has 76 valence electrons. The van der Waals surface area contributed by atoms with E-state index in [0.717, 1.165) is 13.0 Å². The molecule has 0 N–H and O–H groups in total. The predicted octanol–water partition coefficient (Wildman–Crippen LogP) is 2.60. The molecule has 2 heterocycles. The molecule has 14 heavy (non-hydrogen) atoms. The van der Waals surface area contributed by atoms with Gasteiger partial charge in [-0.3, -0.25) is 4.79 Å². The first-order valence-electron chi connectivity index (χ1n) is 5.09. The van der Waals surface area contributed by atoms with Gasteiger partial charge >= 0.3 is 0 Å². The van der Waals surface area contributed by atoms with Crippen LogP contribution in [0.2, 0.25) is 0 Å². The molecule has 0 radical (unpaired) electrons. The largest absolute Gasteiger partial charge is 0.336 e. The van der Waals surface area contributed by atoms with E-state index in [-0.39, 0.29) is 11.9 Å². The van der Waals surface area contributed by atoms with Crippen LogP contribution in [0.25, 0.3) is 0 Å². The maximum absolute atomic E-state index is 11.6. The summed E-state index contributed by atoms with van der Waals surface area (Å²) in [6.07, 6.45) is 1.65. The van der Waals surface area contributed by atoms with E-state index in [1.165, 1.54) is 10.4 Å². The second kappa shape index (κ2) is 3.73. The smallest absolute Gasteiger partial charge is 0.222 e. The Morgan fingerprint density at radius 1 is 1.71 bits per heavy atom. The number of amides is 1. The van der Waals surface area contributed by atoms with Crippen molar-refractivity contribution in [3.8, 4) is 0 Å². The molecule has 1 aliphatic rings. The molecule has 1 amide bonds. The fourth-order valence-electron chi connectivity index (χ4n) is 2.05. The molecule has 1 aromatic heterocycles. The first kappa shape index (κ1) is 9.71. The highest BCUT2D eigenvalue weighted by atomic mass is 32.1. The highest BCUT2D eigenvalue weighted by Crippen LogP contribution is 2.32. The van der Waals surface area contributed by atoms with Crippen molar-refractivity contribution in [2.75, 3.05) is 6.54 Å². The summed E-state index contributed by atoms with van der Waals surface area (Å²) in [4.78, 5) is 15.1. The van der Waals surface area contributed by atoms with E-state index in [2.05, 4.69) is 18.4 Å². The Balaban J connectivity index is 2.25. The van der Waals surface area contributed by atoms with Gasteiger partial charge in [0.05, 0.1) is 6.04 Å². The zero-order chi connectivity index (χ0) is 10.1. The Morgan fingerprint density at radius 2 is 2.50 bits per heavy atom. The molecule has 1 unspecified atom stereocenters. The van der Waals surface area contributed by atoms with E-state index in [0.29, 0.717) is 6.42 Å². The van der Waals surface area contributed by atoms with Crippen molar-refractivity contribution in [1.82, 2.24) is 4.90 Å². The minimum Gasteiger partial charge on any atom is -0.336 e. The number of hydrogen-bond donors (Lipinski definition) is 0. The molecule has 2 nitrogen and oxygen atoms in total. The summed E-state index contributed by atoms with van der Waals surface area (Å²) in [6.45, 7) is 4.94. The molecule has 1 atom stereocenters. The zero-order valence-corrected chi connectivity index (χ0v) is 9.43. The van der Waals surface area contributed by atoms with Gasteiger partial charge in [-0.1, -0.05) is 6.92 Å². The fourth-order valence-corrected chi connectivity index (χ4v) is 3.02. The molecule has 0 fully saturated rings. The third-order valence-electron chi connectivity index (χ3n) is 2.90. The van der Waals surface area contributed by atoms with Gasteiger partial charge < -0.3 is 4.90 Å². The van der Waals surface area contributed by atoms with E-state index in [9.17, 15) is 4.79 Å². The van der Waals surface area contributed by atoms with Crippen LogP contribution in [-0.4, -0.2) is 17.4 Å². The molecule has 2 rings (SSSR count). The summed E-state index contributed by atoms with van der Waals surface area (Å²) < 4.78 is 0. The second-order valence-corrected chi connectivity index (χ2v) is 4.67. The van der Waals surface area contributed by atoms with Crippen molar-refractivity contribution in [2.45, 2.75) is 32.7 Å². The molecule has 3 heteroatoms. The van der Waals surface area contributed by atoms with Crippen molar-refractivity contribution in [3.63, 3.8) is 0 Å². The lowest BCUT2D eigenvalue weighted by Crippen LogP contribution is -2.37. The maximum atomic E-state index is 11.6. The van der Waals surface area contributed by atoms with Gasteiger partial charge in [0.15, 0.2) is 0 Å². The molecular weight excluding hydrogens is 194 g/mol. The monoisotopic (exact) mass is 209 g/mol. The Labute approximate surface area is 88.5 Å². The van der Waals surface area contributed by atoms with Gasteiger partial charge in [0.25, 0.3) is 0 Å². The average Bonchev–Trinajstić information content (AvgIpc) is 2.66. The first-order chi connectivity index (χ1) is 6.74. The first-order valence-corrected chi connectivity index (χ1v) is 5.97. The number of hydrogen-bond acceptors (Lipinski definition) is 2. The minimum absolute atomic E-state index is 0.273. The number of carbonyl (C=O) groups excluding carboxylic acids is 1. The molecule has 0 aromatic carbocycles. The van der Waals surface area contributed by atoms with Gasteiger partial charge in [-0.2, -0.15) is 0 Å². The maximum Gasteiger partial charge on any atom is 0.222 e. The second-order valence-electron chi connectivity index (χ2n) is 3.67. The molecule has 0 saturated carbocycles. The summed E-state index contributed by atoms with van der Waals surface area (Å²) in [5.41, 5.74) is 1.35. The average molecular weight is 209 g/mol. The highest BCUT2D eigenvalue weighted by molar-refractivity contribution is 7.10. The third-order valence-corrected chi connectivity index (χ3v) is 3.90. The van der Waals surface area contributed by atoms with Crippen LogP contribution in [0.1, 0.15) is 36.8 Å². The molecule has 0 saturated heterocycles. The van der Waals surface area contributed by atoms with Gasteiger partial charge in [0, 0.05) is 17.8 Å². The van der Waals surface area contributed by atoms with Crippen molar-refractivity contribution < 1.29 is 4.79 Å². The van der Waals surface area contributed by atoms with Gasteiger partial charge in [-0.05, 0) is 30.4 Å². The van der Waals surface area contributed by atoms with Crippen LogP contribution >= 0.6 is 11.3 Å². The third kappa shape index (κ3) is 1.46. The Hall–Kier alpha value is -0.830. The number of thiophene rings is 1. The van der Waals surface area contributed by atoms with Gasteiger partial charge in [-0.25, -0.2) is 0 Å². The Morgan fingerprint density at radius 3 is 3.21 bits per heavy atom. The summed E-state index contributed by atoms with van der Waals surface area (Å²) in [5, 5.41) is 2.13. The van der Waals surface area contributed by atoms with E-state index in [4.69, 9.17) is 0 Å². The summed E-state index contributed by atoms with van der Waals surface area (Å²) in [7, 11) is 0. The number of rotatable bonds is 1. The van der Waals surface area contributed by atoms with Gasteiger partial charge in [-0.15, -0.1) is 11.3 Å². The SMILES string of the molecule is CCC(=O)N1CCc2sccc2C1C. The van der Waals surface area contributed by atoms with Crippen LogP contribution in [0.4, 0.5) is 0 Å². The molecule has 1 aromatic rings. The van der Waals surface area contributed by atoms with Gasteiger partial charge in [0.1, 0.15) is 0 Å². The number of carbonyl (C=O) groups is 1. The van der Waals surface area contributed by atoms with Crippen molar-refractivity contribution in [3.05, 3.63) is 21.9 Å². The van der Waals surface area contributed by atoms with Crippen molar-refractivity contribution in [1.29, 1.82) is 0 Å². The van der Waals surface area contributed by atoms with Gasteiger partial charge in [0.2, 0.25) is 5.91 Å². The summed E-state index contributed by atoms with van der Waals surface area (Å²) in [6, 6.07) is 2.43. The van der Waals surface area contributed by atoms with Crippen molar-refractivity contribution >= 4 is 17.2 Å². The predicted molar refractivity (Wildman–Crippen MR) is 58.4 cm³/mol. The lowest BCUT2D eigenvalue weighted by Gasteiger charge is -2.33. The van der Waals surface area contributed by atoms with E-state index < -0.39 is 0 Å². The van der Waals surface area contributed by atoms with E-state index in [1.807, 2.05) is 23.2 Å². The van der Waals surface area contributed by atoms with Crippen LogP contribution < -0.4 is 0 Å². The van der Waals surface area contributed by atoms with Crippen LogP contribution in [0.15, 0.2) is 11.4 Å². The van der Waals surface area contributed by atoms with Crippen LogP contribution in [0.3, 0.4) is 0 Å². The summed E-state index contributed by atoms with van der Waals surface area (Å²) in [5.74, 6) is 0.273. The van der Waals surface area contributed by atoms with Crippen LogP contribution in [0, 0.1) is 0 Å². The molecule has 1 aliphatic heterocycles. The standard InChI is InChI=1S/C11H15NOS/c1-3-11(13)12-6-4-10-9(8(12)2)5-7-14-10/h5,7-8H,3-4,6H2,1-2H3. The lowest BCUT2D eigenvalue weighted by atomic mass is 10.0. The summed E-state index contributed by atoms with van der Waals surface area (Å²) >= 11 is 1.81. The zero-order valence-electron chi connectivity index (χ0n) is 8.62. The van der Waals surface area contributed by atoms with Crippen LogP contribution in [0.5, 0.6) is 0 Å². The number of nitrogens with zero attached hydrogens (tertiary/aromatic N) is 1. The Kier molecular flexibility index (Phi) is 2.59. The van der Waals surface area contributed by atoms with Crippen molar-refractivity contribution in [2.24, 2.45) is 0 Å². The molecular formula is C11H15NOS. The number of fused-ring (bicyclic) bond motifs is 1. The normalized spacial score (nSPS) is 20.7.